The van der Waals surface area contributed by atoms with Crippen LogP contribution in [0.4, 0.5) is 0 Å². The van der Waals surface area contributed by atoms with E-state index in [9.17, 15) is 30.5 Å². The molecule has 0 aliphatic rings. The van der Waals surface area contributed by atoms with E-state index in [-0.39, 0.29) is 16.4 Å². The Labute approximate surface area is 204 Å². The van der Waals surface area contributed by atoms with Crippen LogP contribution in [0.1, 0.15) is 16.7 Å². The molecule has 0 unspecified atom stereocenters. The van der Waals surface area contributed by atoms with Crippen LogP contribution in [0.25, 0.3) is 49.4 Å². The maximum atomic E-state index is 11.0. The summed E-state index contributed by atoms with van der Waals surface area (Å²) < 4.78 is 7.73. The van der Waals surface area contributed by atoms with Crippen molar-refractivity contribution in [1.82, 2.24) is 4.57 Å². The summed E-state index contributed by atoms with van der Waals surface area (Å²) in [5.41, 5.74) is 4.52. The molecule has 2 heterocycles. The second-order valence-electron chi connectivity index (χ2n) is 9.12. The molecule has 0 aliphatic carbocycles. The molecule has 0 saturated carbocycles. The quantitative estimate of drug-likeness (QED) is 0.124. The Morgan fingerprint density at radius 3 is 2.06 bits per heavy atom. The summed E-state index contributed by atoms with van der Waals surface area (Å²) in [4.78, 5) is 0. The van der Waals surface area contributed by atoms with Gasteiger partial charge in [0, 0.05) is 22.2 Å². The molecule has 0 fully saturated rings. The lowest BCUT2D eigenvalue weighted by Crippen LogP contribution is -2.35. The number of phenols is 4. The number of aromatic hydroxyl groups is 4. The van der Waals surface area contributed by atoms with Crippen LogP contribution in [0.2, 0.25) is 0 Å². The number of rotatable bonds is 2. The number of aromatic nitrogens is 1. The molecule has 0 atom stereocenters. The van der Waals surface area contributed by atoms with Crippen LogP contribution < -0.4 is 5.46 Å². The molecule has 0 spiro atoms. The Kier molecular flexibility index (Phi) is 4.51. The Bertz CT molecular complexity index is 1900. The van der Waals surface area contributed by atoms with Crippen molar-refractivity contribution in [3.63, 3.8) is 0 Å². The lowest BCUT2D eigenvalue weighted by atomic mass is 9.72. The number of aryl methyl sites for hydroxylation is 2. The van der Waals surface area contributed by atoms with Crippen molar-refractivity contribution in [3.05, 3.63) is 59.2 Å². The van der Waals surface area contributed by atoms with Gasteiger partial charge in [-0.25, -0.2) is 0 Å². The molecule has 180 valence electrons. The largest absolute Gasteiger partial charge is 0.504 e. The zero-order valence-electron chi connectivity index (χ0n) is 19.7. The first-order chi connectivity index (χ1) is 17.1. The number of furan rings is 1. The summed E-state index contributed by atoms with van der Waals surface area (Å²) in [7, 11) is -1.78. The molecular formula is C27H22BNO7. The predicted molar refractivity (Wildman–Crippen MR) is 139 cm³/mol. The van der Waals surface area contributed by atoms with E-state index in [4.69, 9.17) is 4.42 Å². The van der Waals surface area contributed by atoms with Gasteiger partial charge in [0.05, 0.1) is 16.6 Å². The molecule has 0 bridgehead atoms. The first-order valence-corrected chi connectivity index (χ1v) is 11.3. The molecule has 0 radical (unpaired) electrons. The van der Waals surface area contributed by atoms with Crippen molar-refractivity contribution in [3.8, 4) is 28.7 Å². The number of hydrogen-bond donors (Lipinski definition) is 6. The minimum Gasteiger partial charge on any atom is -0.504 e. The molecule has 6 aromatic rings. The van der Waals surface area contributed by atoms with E-state index in [1.54, 1.807) is 31.4 Å². The van der Waals surface area contributed by atoms with Gasteiger partial charge in [-0.2, -0.15) is 0 Å². The smallest absolute Gasteiger partial charge is 0.489 e. The standard InChI is InChI=1S/C27H22BNO7/c1-11-12(2)22-19(13(3)21(11)28(34)35)20-23(25(31)27(33)26(32)24(20)30)29(22)14-8-9-16-15-6-4-5-7-17(15)36-18(16)10-14/h4-10,30-35H,1-3H3. The molecular weight excluding hydrogens is 461 g/mol. The van der Waals surface area contributed by atoms with E-state index in [0.717, 1.165) is 16.4 Å². The second kappa shape index (κ2) is 7.33. The predicted octanol–water partition coefficient (Wildman–Crippen LogP) is 4.11. The highest BCUT2D eigenvalue weighted by Crippen LogP contribution is 2.53. The zero-order chi connectivity index (χ0) is 25.6. The number of nitrogens with zero attached hydrogens (tertiary/aromatic N) is 1. The first-order valence-electron chi connectivity index (χ1n) is 11.3. The molecule has 2 aromatic heterocycles. The highest BCUT2D eigenvalue weighted by atomic mass is 16.4. The van der Waals surface area contributed by atoms with Crippen LogP contribution in [0.5, 0.6) is 23.0 Å². The van der Waals surface area contributed by atoms with E-state index in [0.29, 0.717) is 38.9 Å². The maximum Gasteiger partial charge on any atom is 0.489 e. The number of benzene rings is 4. The summed E-state index contributed by atoms with van der Waals surface area (Å²) in [6.07, 6.45) is 0. The number of phenolic OH excluding ortho intramolecular Hbond substituents is 4. The van der Waals surface area contributed by atoms with E-state index >= 15 is 0 Å². The van der Waals surface area contributed by atoms with Gasteiger partial charge in [-0.1, -0.05) is 18.2 Å². The average Bonchev–Trinajstić information content (AvgIpc) is 3.41. The number of para-hydroxylation sites is 1. The van der Waals surface area contributed by atoms with Gasteiger partial charge < -0.3 is 39.5 Å². The fraction of sp³-hybridized carbons (Fsp3) is 0.111. The Hall–Kier alpha value is -4.34. The highest BCUT2D eigenvalue weighted by Gasteiger charge is 2.31. The molecule has 36 heavy (non-hydrogen) atoms. The van der Waals surface area contributed by atoms with Crippen molar-refractivity contribution in [2.24, 2.45) is 0 Å². The van der Waals surface area contributed by atoms with Crippen LogP contribution in [0.3, 0.4) is 0 Å². The molecule has 0 aliphatic heterocycles. The zero-order valence-corrected chi connectivity index (χ0v) is 19.7. The second-order valence-corrected chi connectivity index (χ2v) is 9.12. The van der Waals surface area contributed by atoms with Crippen LogP contribution >= 0.6 is 0 Å². The van der Waals surface area contributed by atoms with Crippen LogP contribution in [-0.2, 0) is 0 Å². The van der Waals surface area contributed by atoms with Gasteiger partial charge in [0.2, 0.25) is 11.5 Å². The van der Waals surface area contributed by atoms with Gasteiger partial charge in [0.1, 0.15) is 16.7 Å². The molecule has 6 rings (SSSR count). The van der Waals surface area contributed by atoms with E-state index < -0.39 is 30.1 Å². The van der Waals surface area contributed by atoms with Crippen molar-refractivity contribution < 1.29 is 34.9 Å². The minimum absolute atomic E-state index is 0.0587. The fourth-order valence-corrected chi connectivity index (χ4v) is 5.50. The van der Waals surface area contributed by atoms with Gasteiger partial charge in [-0.3, -0.25) is 0 Å². The van der Waals surface area contributed by atoms with Crippen LogP contribution in [0.15, 0.2) is 46.9 Å². The van der Waals surface area contributed by atoms with E-state index in [2.05, 4.69) is 0 Å². The lowest BCUT2D eigenvalue weighted by Gasteiger charge is -2.16. The van der Waals surface area contributed by atoms with E-state index in [1.807, 2.05) is 36.4 Å². The summed E-state index contributed by atoms with van der Waals surface area (Å²) >= 11 is 0. The molecule has 8 nitrogen and oxygen atoms in total. The Balaban J connectivity index is 1.86. The minimum atomic E-state index is -1.78. The molecule has 0 amide bonds. The summed E-state index contributed by atoms with van der Waals surface area (Å²) in [5, 5.41) is 65.2. The number of hydrogen-bond acceptors (Lipinski definition) is 7. The third-order valence-electron chi connectivity index (χ3n) is 7.28. The van der Waals surface area contributed by atoms with Crippen molar-refractivity contribution in [1.29, 1.82) is 0 Å². The van der Waals surface area contributed by atoms with Gasteiger partial charge in [0.25, 0.3) is 0 Å². The highest BCUT2D eigenvalue weighted by molar-refractivity contribution is 6.60. The average molecular weight is 483 g/mol. The molecule has 0 saturated heterocycles. The molecule has 6 N–H and O–H groups in total. The summed E-state index contributed by atoms with van der Waals surface area (Å²) in [6, 6.07) is 13.2. The van der Waals surface area contributed by atoms with Crippen molar-refractivity contribution in [2.45, 2.75) is 20.8 Å². The van der Waals surface area contributed by atoms with Gasteiger partial charge in [-0.15, -0.1) is 0 Å². The SMILES string of the molecule is Cc1c(B(O)O)c(C)c2c3c(O)c(O)c(O)c(O)c3n(-c3ccc4c(c3)oc3ccccc34)c2c1C. The summed E-state index contributed by atoms with van der Waals surface area (Å²) in [5.74, 6) is -2.97. The molecule has 4 aromatic carbocycles. The first kappa shape index (κ1) is 22.1. The third kappa shape index (κ3) is 2.66. The Morgan fingerprint density at radius 1 is 0.667 bits per heavy atom. The summed E-state index contributed by atoms with van der Waals surface area (Å²) in [6.45, 7) is 5.23. The third-order valence-corrected chi connectivity index (χ3v) is 7.28. The van der Waals surface area contributed by atoms with Gasteiger partial charge >= 0.3 is 7.12 Å². The van der Waals surface area contributed by atoms with E-state index in [1.165, 1.54) is 0 Å². The van der Waals surface area contributed by atoms with Crippen molar-refractivity contribution >= 4 is 56.3 Å². The van der Waals surface area contributed by atoms with Crippen LogP contribution in [-0.4, -0.2) is 42.2 Å². The van der Waals surface area contributed by atoms with Gasteiger partial charge in [-0.05, 0) is 61.1 Å². The topological polar surface area (TPSA) is 139 Å². The number of fused-ring (bicyclic) bond motifs is 6. The Morgan fingerprint density at radius 2 is 1.33 bits per heavy atom. The fourth-order valence-electron chi connectivity index (χ4n) is 5.50. The van der Waals surface area contributed by atoms with Gasteiger partial charge in [0.15, 0.2) is 11.5 Å². The van der Waals surface area contributed by atoms with Crippen LogP contribution in [0, 0.1) is 20.8 Å². The molecule has 9 heteroatoms. The normalized spacial score (nSPS) is 11.9. The maximum absolute atomic E-state index is 11.0. The monoisotopic (exact) mass is 483 g/mol. The lowest BCUT2D eigenvalue weighted by molar-refractivity contribution is 0.350. The van der Waals surface area contributed by atoms with Crippen molar-refractivity contribution in [2.75, 3.05) is 0 Å².